The summed E-state index contributed by atoms with van der Waals surface area (Å²) in [4.78, 5) is 2.11. The molecule has 4 heteroatoms. The number of nitrogens with one attached hydrogen (secondary N) is 1. The van der Waals surface area contributed by atoms with E-state index in [1.807, 2.05) is 14.1 Å². The van der Waals surface area contributed by atoms with E-state index < -0.39 is 0 Å². The summed E-state index contributed by atoms with van der Waals surface area (Å²) in [7, 11) is 4.05. The molecule has 0 aliphatic carbocycles. The number of nitrogens with zero attached hydrogens (tertiary/aromatic N) is 1. The fourth-order valence-corrected chi connectivity index (χ4v) is 1.86. The molecule has 0 aliphatic heterocycles. The molecule has 0 fully saturated rings. The Kier molecular flexibility index (Phi) is 5.19. The smallest absolute Gasteiger partial charge is 0.125 e. The molecule has 0 heterocycles. The Balaban J connectivity index is 2.48. The van der Waals surface area contributed by atoms with Gasteiger partial charge in [-0.15, -0.1) is 0 Å². The van der Waals surface area contributed by atoms with Crippen molar-refractivity contribution in [2.24, 2.45) is 0 Å². The number of halogens is 2. The van der Waals surface area contributed by atoms with E-state index in [4.69, 9.17) is 11.6 Å². The Hall–Kier alpha value is -0.640. The molecular weight excluding hydrogens is 227 g/mol. The zero-order valence-corrected chi connectivity index (χ0v) is 10.7. The minimum absolute atomic E-state index is 0.287. The van der Waals surface area contributed by atoms with Crippen molar-refractivity contribution >= 4 is 11.6 Å². The van der Waals surface area contributed by atoms with Crippen molar-refractivity contribution in [1.82, 2.24) is 10.2 Å². The lowest BCUT2D eigenvalue weighted by Gasteiger charge is -2.18. The predicted octanol–water partition coefficient (Wildman–Crippen LogP) is 2.52. The quantitative estimate of drug-likeness (QED) is 0.856. The molecule has 0 saturated carbocycles. The SMILES string of the molecule is CC(CN(C)C)NCc1cc(F)cc(Cl)c1. The van der Waals surface area contributed by atoms with E-state index in [9.17, 15) is 4.39 Å². The van der Waals surface area contributed by atoms with Crippen LogP contribution in [0.3, 0.4) is 0 Å². The molecule has 1 aromatic rings. The summed E-state index contributed by atoms with van der Waals surface area (Å²) < 4.78 is 13.0. The van der Waals surface area contributed by atoms with Crippen molar-refractivity contribution in [1.29, 1.82) is 0 Å². The molecule has 0 bridgehead atoms. The lowest BCUT2D eigenvalue weighted by Crippen LogP contribution is -2.35. The van der Waals surface area contributed by atoms with E-state index in [0.29, 0.717) is 17.6 Å². The molecule has 1 aromatic carbocycles. The Labute approximate surface area is 101 Å². The van der Waals surface area contributed by atoms with Crippen LogP contribution in [0.4, 0.5) is 4.39 Å². The molecule has 1 atom stereocenters. The van der Waals surface area contributed by atoms with Gasteiger partial charge in [-0.2, -0.15) is 0 Å². The van der Waals surface area contributed by atoms with Crippen molar-refractivity contribution in [3.8, 4) is 0 Å². The first-order chi connectivity index (χ1) is 7.47. The molecule has 90 valence electrons. The van der Waals surface area contributed by atoms with Gasteiger partial charge in [0.05, 0.1) is 0 Å². The van der Waals surface area contributed by atoms with Gasteiger partial charge in [-0.1, -0.05) is 11.6 Å². The number of benzene rings is 1. The van der Waals surface area contributed by atoms with Crippen molar-refractivity contribution in [2.75, 3.05) is 20.6 Å². The van der Waals surface area contributed by atoms with Gasteiger partial charge in [0.15, 0.2) is 0 Å². The molecule has 0 amide bonds. The maximum atomic E-state index is 13.0. The summed E-state index contributed by atoms with van der Waals surface area (Å²) in [6.45, 7) is 3.68. The van der Waals surface area contributed by atoms with Crippen LogP contribution in [-0.2, 0) is 6.54 Å². The van der Waals surface area contributed by atoms with Crippen LogP contribution < -0.4 is 5.32 Å². The number of likely N-dealkylation sites (N-methyl/N-ethyl adjacent to an activating group) is 1. The van der Waals surface area contributed by atoms with Gasteiger partial charge in [0.25, 0.3) is 0 Å². The van der Waals surface area contributed by atoms with Crippen LogP contribution in [0.25, 0.3) is 0 Å². The predicted molar refractivity (Wildman–Crippen MR) is 66.3 cm³/mol. The maximum absolute atomic E-state index is 13.0. The highest BCUT2D eigenvalue weighted by Gasteiger charge is 2.04. The molecule has 1 unspecified atom stereocenters. The van der Waals surface area contributed by atoms with Gasteiger partial charge >= 0.3 is 0 Å². The zero-order valence-electron chi connectivity index (χ0n) is 9.93. The maximum Gasteiger partial charge on any atom is 0.125 e. The van der Waals surface area contributed by atoms with Crippen LogP contribution in [0.2, 0.25) is 5.02 Å². The van der Waals surface area contributed by atoms with Gasteiger partial charge < -0.3 is 10.2 Å². The lowest BCUT2D eigenvalue weighted by atomic mass is 10.2. The third-order valence-electron chi connectivity index (χ3n) is 2.22. The molecule has 1 rings (SSSR count). The summed E-state index contributed by atoms with van der Waals surface area (Å²) in [5.41, 5.74) is 0.871. The van der Waals surface area contributed by atoms with Crippen molar-refractivity contribution in [2.45, 2.75) is 19.5 Å². The van der Waals surface area contributed by atoms with Gasteiger partial charge in [0.2, 0.25) is 0 Å². The fraction of sp³-hybridized carbons (Fsp3) is 0.500. The summed E-state index contributed by atoms with van der Waals surface area (Å²) in [5, 5.41) is 3.76. The van der Waals surface area contributed by atoms with Crippen LogP contribution in [-0.4, -0.2) is 31.6 Å². The molecule has 0 radical (unpaired) electrons. The largest absolute Gasteiger partial charge is 0.309 e. The Morgan fingerprint density at radius 2 is 2.06 bits per heavy atom. The van der Waals surface area contributed by atoms with E-state index >= 15 is 0 Å². The molecule has 1 N–H and O–H groups in total. The second-order valence-electron chi connectivity index (χ2n) is 4.32. The number of hydrogen-bond donors (Lipinski definition) is 1. The first-order valence-electron chi connectivity index (χ1n) is 5.30. The van der Waals surface area contributed by atoms with Gasteiger partial charge in [-0.05, 0) is 44.8 Å². The molecule has 16 heavy (non-hydrogen) atoms. The normalized spacial score (nSPS) is 13.1. The van der Waals surface area contributed by atoms with Crippen LogP contribution in [0.15, 0.2) is 18.2 Å². The Bertz CT molecular complexity index is 322. The van der Waals surface area contributed by atoms with Crippen LogP contribution in [0.1, 0.15) is 12.5 Å². The summed E-state index contributed by atoms with van der Waals surface area (Å²) in [5.74, 6) is -0.287. The van der Waals surface area contributed by atoms with E-state index in [1.165, 1.54) is 12.1 Å². The minimum Gasteiger partial charge on any atom is -0.309 e. The average Bonchev–Trinajstić information content (AvgIpc) is 2.12. The molecule has 0 aromatic heterocycles. The highest BCUT2D eigenvalue weighted by molar-refractivity contribution is 6.30. The number of hydrogen-bond acceptors (Lipinski definition) is 2. The molecule has 2 nitrogen and oxygen atoms in total. The highest BCUT2D eigenvalue weighted by Crippen LogP contribution is 2.13. The van der Waals surface area contributed by atoms with E-state index in [0.717, 1.165) is 12.1 Å². The third kappa shape index (κ3) is 4.92. The second-order valence-corrected chi connectivity index (χ2v) is 4.76. The molecule has 0 saturated heterocycles. The number of rotatable bonds is 5. The Morgan fingerprint density at radius 1 is 1.38 bits per heavy atom. The van der Waals surface area contributed by atoms with Crippen LogP contribution in [0.5, 0.6) is 0 Å². The van der Waals surface area contributed by atoms with Gasteiger partial charge in [-0.25, -0.2) is 4.39 Å². The van der Waals surface area contributed by atoms with Crippen LogP contribution in [0, 0.1) is 5.82 Å². The molecule has 0 aliphatic rings. The Morgan fingerprint density at radius 3 is 2.62 bits per heavy atom. The standard InChI is InChI=1S/C12H18ClFN2/c1-9(8-16(2)3)15-7-10-4-11(13)6-12(14)5-10/h4-6,9,15H,7-8H2,1-3H3. The minimum atomic E-state index is -0.287. The van der Waals surface area contributed by atoms with Crippen LogP contribution >= 0.6 is 11.6 Å². The highest BCUT2D eigenvalue weighted by atomic mass is 35.5. The first kappa shape index (κ1) is 13.4. The van der Waals surface area contributed by atoms with Crippen molar-refractivity contribution < 1.29 is 4.39 Å². The monoisotopic (exact) mass is 244 g/mol. The van der Waals surface area contributed by atoms with E-state index in [1.54, 1.807) is 6.07 Å². The van der Waals surface area contributed by atoms with Gasteiger partial charge in [-0.3, -0.25) is 0 Å². The average molecular weight is 245 g/mol. The van der Waals surface area contributed by atoms with Crippen molar-refractivity contribution in [3.05, 3.63) is 34.6 Å². The summed E-state index contributed by atoms with van der Waals surface area (Å²) >= 11 is 5.77. The summed E-state index contributed by atoms with van der Waals surface area (Å²) in [6.07, 6.45) is 0. The fourth-order valence-electron chi connectivity index (χ4n) is 1.62. The third-order valence-corrected chi connectivity index (χ3v) is 2.43. The second kappa shape index (κ2) is 6.18. The summed E-state index contributed by atoms with van der Waals surface area (Å²) in [6, 6.07) is 4.95. The first-order valence-corrected chi connectivity index (χ1v) is 5.68. The van der Waals surface area contributed by atoms with Crippen molar-refractivity contribution in [3.63, 3.8) is 0 Å². The van der Waals surface area contributed by atoms with E-state index in [2.05, 4.69) is 17.1 Å². The van der Waals surface area contributed by atoms with E-state index in [-0.39, 0.29) is 5.82 Å². The molecular formula is C12H18ClFN2. The van der Waals surface area contributed by atoms with Gasteiger partial charge in [0.1, 0.15) is 5.82 Å². The zero-order chi connectivity index (χ0) is 12.1. The topological polar surface area (TPSA) is 15.3 Å². The molecule has 0 spiro atoms. The lowest BCUT2D eigenvalue weighted by molar-refractivity contribution is 0.349. The van der Waals surface area contributed by atoms with Gasteiger partial charge in [0, 0.05) is 24.2 Å².